The molecular formula is C11H20N2O. The average Bonchev–Trinajstić information content (AvgIpc) is 2.62. The molecule has 0 aromatic rings. The van der Waals surface area contributed by atoms with Gasteiger partial charge in [0.1, 0.15) is 0 Å². The van der Waals surface area contributed by atoms with Gasteiger partial charge in [0.25, 0.3) is 0 Å². The maximum absolute atomic E-state index is 9.80. The van der Waals surface area contributed by atoms with Crippen LogP contribution in [-0.2, 0) is 0 Å². The summed E-state index contributed by atoms with van der Waals surface area (Å²) in [7, 11) is 0. The standard InChI is InChI=1S/C11H20N2O/c1-3-11(2,14)8-13-10-6-4-5-9(10)7-12/h9-10,13-14H,3-6,8H2,1-2H3. The van der Waals surface area contributed by atoms with Gasteiger partial charge < -0.3 is 10.4 Å². The fourth-order valence-electron chi connectivity index (χ4n) is 1.83. The monoisotopic (exact) mass is 196 g/mol. The van der Waals surface area contributed by atoms with Crippen LogP contribution in [-0.4, -0.2) is 23.3 Å². The van der Waals surface area contributed by atoms with Crippen LogP contribution in [0.5, 0.6) is 0 Å². The van der Waals surface area contributed by atoms with E-state index in [1.54, 1.807) is 0 Å². The van der Waals surface area contributed by atoms with Crippen LogP contribution in [0.15, 0.2) is 0 Å². The number of nitrogens with one attached hydrogen (secondary N) is 1. The summed E-state index contributed by atoms with van der Waals surface area (Å²) < 4.78 is 0. The lowest BCUT2D eigenvalue weighted by Gasteiger charge is -2.25. The highest BCUT2D eigenvalue weighted by Gasteiger charge is 2.28. The van der Waals surface area contributed by atoms with E-state index in [4.69, 9.17) is 5.26 Å². The zero-order valence-electron chi connectivity index (χ0n) is 9.08. The van der Waals surface area contributed by atoms with Crippen LogP contribution in [0.2, 0.25) is 0 Å². The van der Waals surface area contributed by atoms with Crippen molar-refractivity contribution in [1.29, 1.82) is 5.26 Å². The van der Waals surface area contributed by atoms with E-state index in [2.05, 4.69) is 11.4 Å². The summed E-state index contributed by atoms with van der Waals surface area (Å²) in [5.74, 6) is 0.141. The van der Waals surface area contributed by atoms with Gasteiger partial charge in [0.2, 0.25) is 0 Å². The van der Waals surface area contributed by atoms with Gasteiger partial charge in [0.05, 0.1) is 17.6 Å². The van der Waals surface area contributed by atoms with E-state index in [-0.39, 0.29) is 12.0 Å². The zero-order chi connectivity index (χ0) is 10.6. The summed E-state index contributed by atoms with van der Waals surface area (Å²) in [6.07, 6.45) is 3.94. The van der Waals surface area contributed by atoms with Crippen molar-refractivity contribution in [3.63, 3.8) is 0 Å². The lowest BCUT2D eigenvalue weighted by Crippen LogP contribution is -2.43. The SMILES string of the molecule is CCC(C)(O)CNC1CCCC1C#N. The smallest absolute Gasteiger partial charge is 0.0741 e. The van der Waals surface area contributed by atoms with Gasteiger partial charge in [-0.15, -0.1) is 0 Å². The second-order valence-electron chi connectivity index (χ2n) is 4.50. The van der Waals surface area contributed by atoms with Crippen LogP contribution in [0, 0.1) is 17.2 Å². The molecule has 3 atom stereocenters. The Kier molecular flexibility index (Phi) is 3.91. The minimum Gasteiger partial charge on any atom is -0.389 e. The van der Waals surface area contributed by atoms with Gasteiger partial charge >= 0.3 is 0 Å². The van der Waals surface area contributed by atoms with Crippen molar-refractivity contribution in [1.82, 2.24) is 5.32 Å². The number of hydrogen-bond acceptors (Lipinski definition) is 3. The highest BCUT2D eigenvalue weighted by atomic mass is 16.3. The molecule has 0 aromatic heterocycles. The number of hydrogen-bond donors (Lipinski definition) is 2. The van der Waals surface area contributed by atoms with Crippen LogP contribution in [0.4, 0.5) is 0 Å². The molecule has 0 heterocycles. The maximum Gasteiger partial charge on any atom is 0.0741 e. The number of nitrogens with zero attached hydrogens (tertiary/aromatic N) is 1. The quantitative estimate of drug-likeness (QED) is 0.715. The van der Waals surface area contributed by atoms with E-state index in [1.165, 1.54) is 0 Å². The molecule has 0 amide bonds. The van der Waals surface area contributed by atoms with Crippen LogP contribution in [0.3, 0.4) is 0 Å². The molecule has 2 N–H and O–H groups in total. The largest absolute Gasteiger partial charge is 0.389 e. The minimum absolute atomic E-state index is 0.141. The second-order valence-corrected chi connectivity index (χ2v) is 4.50. The van der Waals surface area contributed by atoms with Crippen molar-refractivity contribution < 1.29 is 5.11 Å². The first kappa shape index (κ1) is 11.5. The molecule has 1 aliphatic rings. The first-order valence-electron chi connectivity index (χ1n) is 5.44. The third-order valence-electron chi connectivity index (χ3n) is 3.19. The Labute approximate surface area is 86.1 Å². The Bertz CT molecular complexity index is 220. The topological polar surface area (TPSA) is 56.0 Å². The van der Waals surface area contributed by atoms with Crippen LogP contribution in [0.1, 0.15) is 39.5 Å². The third-order valence-corrected chi connectivity index (χ3v) is 3.19. The molecule has 14 heavy (non-hydrogen) atoms. The molecule has 3 heteroatoms. The first-order valence-corrected chi connectivity index (χ1v) is 5.44. The van der Waals surface area contributed by atoms with Crippen molar-refractivity contribution in [2.45, 2.75) is 51.2 Å². The molecule has 3 unspecified atom stereocenters. The maximum atomic E-state index is 9.80. The molecule has 1 rings (SSSR count). The normalized spacial score (nSPS) is 31.0. The molecule has 1 fully saturated rings. The van der Waals surface area contributed by atoms with Gasteiger partial charge in [0.15, 0.2) is 0 Å². The fraction of sp³-hybridized carbons (Fsp3) is 0.909. The number of aliphatic hydroxyl groups is 1. The predicted octanol–water partition coefficient (Wildman–Crippen LogP) is 1.43. The molecule has 1 aliphatic carbocycles. The summed E-state index contributed by atoms with van der Waals surface area (Å²) in [5, 5.41) is 22.0. The molecule has 80 valence electrons. The lowest BCUT2D eigenvalue weighted by atomic mass is 10.0. The van der Waals surface area contributed by atoms with Crippen molar-refractivity contribution in [2.24, 2.45) is 5.92 Å². The molecule has 0 aliphatic heterocycles. The van der Waals surface area contributed by atoms with Gasteiger partial charge in [-0.2, -0.15) is 5.26 Å². The van der Waals surface area contributed by atoms with E-state index in [0.717, 1.165) is 25.7 Å². The summed E-state index contributed by atoms with van der Waals surface area (Å²) >= 11 is 0. The minimum atomic E-state index is -0.636. The molecule has 0 spiro atoms. The fourth-order valence-corrected chi connectivity index (χ4v) is 1.83. The first-order chi connectivity index (χ1) is 6.59. The summed E-state index contributed by atoms with van der Waals surface area (Å²) in [5.41, 5.74) is -0.636. The molecule has 0 bridgehead atoms. The number of nitriles is 1. The van der Waals surface area contributed by atoms with E-state index in [9.17, 15) is 5.11 Å². The van der Waals surface area contributed by atoms with Gasteiger partial charge in [-0.25, -0.2) is 0 Å². The molecule has 0 radical (unpaired) electrons. The van der Waals surface area contributed by atoms with E-state index in [0.29, 0.717) is 6.54 Å². The Morgan fingerprint density at radius 3 is 2.86 bits per heavy atom. The summed E-state index contributed by atoms with van der Waals surface area (Å²) in [4.78, 5) is 0. The molecule has 1 saturated carbocycles. The predicted molar refractivity (Wildman–Crippen MR) is 55.7 cm³/mol. The second kappa shape index (κ2) is 4.77. The third kappa shape index (κ3) is 2.97. The van der Waals surface area contributed by atoms with Gasteiger partial charge in [-0.3, -0.25) is 0 Å². The van der Waals surface area contributed by atoms with Crippen molar-refractivity contribution >= 4 is 0 Å². The Morgan fingerprint density at radius 1 is 1.57 bits per heavy atom. The molecule has 0 saturated heterocycles. The highest BCUT2D eigenvalue weighted by Crippen LogP contribution is 2.25. The van der Waals surface area contributed by atoms with E-state index < -0.39 is 5.60 Å². The Balaban J connectivity index is 2.35. The van der Waals surface area contributed by atoms with Crippen LogP contribution in [0.25, 0.3) is 0 Å². The van der Waals surface area contributed by atoms with Crippen LogP contribution < -0.4 is 5.32 Å². The summed E-state index contributed by atoms with van der Waals surface area (Å²) in [6, 6.07) is 2.61. The zero-order valence-corrected chi connectivity index (χ0v) is 9.08. The molecule has 0 aromatic carbocycles. The van der Waals surface area contributed by atoms with Gasteiger partial charge in [-0.05, 0) is 26.2 Å². The highest BCUT2D eigenvalue weighted by molar-refractivity contribution is 4.97. The van der Waals surface area contributed by atoms with E-state index in [1.807, 2.05) is 13.8 Å². The Morgan fingerprint density at radius 2 is 2.29 bits per heavy atom. The summed E-state index contributed by atoms with van der Waals surface area (Å²) in [6.45, 7) is 4.39. The number of rotatable bonds is 4. The molecule has 3 nitrogen and oxygen atoms in total. The van der Waals surface area contributed by atoms with Crippen LogP contribution >= 0.6 is 0 Å². The Hall–Kier alpha value is -0.590. The molecular weight excluding hydrogens is 176 g/mol. The van der Waals surface area contributed by atoms with Gasteiger partial charge in [-0.1, -0.05) is 13.3 Å². The lowest BCUT2D eigenvalue weighted by molar-refractivity contribution is 0.0521. The van der Waals surface area contributed by atoms with E-state index >= 15 is 0 Å². The average molecular weight is 196 g/mol. The van der Waals surface area contributed by atoms with Crippen molar-refractivity contribution in [3.8, 4) is 6.07 Å². The van der Waals surface area contributed by atoms with Crippen molar-refractivity contribution in [2.75, 3.05) is 6.54 Å². The van der Waals surface area contributed by atoms with Crippen molar-refractivity contribution in [3.05, 3.63) is 0 Å². The van der Waals surface area contributed by atoms with Gasteiger partial charge in [0, 0.05) is 12.6 Å².